The summed E-state index contributed by atoms with van der Waals surface area (Å²) in [4.78, 5) is 15.2. The minimum absolute atomic E-state index is 0.0656. The predicted molar refractivity (Wildman–Crippen MR) is 112 cm³/mol. The molecule has 1 saturated heterocycles. The Morgan fingerprint density at radius 3 is 2.62 bits per heavy atom. The highest BCUT2D eigenvalue weighted by Crippen LogP contribution is 2.27. The third-order valence-corrected chi connectivity index (χ3v) is 5.41. The van der Waals surface area contributed by atoms with Gasteiger partial charge in [-0.15, -0.1) is 0 Å². The second-order valence-electron chi connectivity index (χ2n) is 7.24. The Kier molecular flexibility index (Phi) is 5.91. The highest BCUT2D eigenvalue weighted by atomic mass is 16.5. The maximum Gasteiger partial charge on any atom is 0.251 e. The number of likely N-dealkylation sites (tertiary alicyclic amines) is 1. The fraction of sp³-hybridized carbons (Fsp3) is 0.304. The summed E-state index contributed by atoms with van der Waals surface area (Å²) >= 11 is 0. The Labute approximate surface area is 171 Å². The van der Waals surface area contributed by atoms with Crippen LogP contribution >= 0.6 is 0 Å². The second kappa shape index (κ2) is 8.92. The first-order chi connectivity index (χ1) is 14.2. The number of methoxy groups -OCH3 is 1. The lowest BCUT2D eigenvalue weighted by Gasteiger charge is -2.28. The lowest BCUT2D eigenvalue weighted by atomic mass is 10.0. The molecule has 0 bridgehead atoms. The summed E-state index contributed by atoms with van der Waals surface area (Å²) in [7, 11) is 1.68. The number of nitrogens with one attached hydrogen (secondary N) is 1. The SMILES string of the molecule is COc1cccc(C(CNC(=O)c2ccc(-n3cccn3)cc2)N2CCCC2)c1. The van der Waals surface area contributed by atoms with Crippen molar-refractivity contribution in [2.45, 2.75) is 18.9 Å². The van der Waals surface area contributed by atoms with Crippen molar-refractivity contribution in [1.82, 2.24) is 20.0 Å². The van der Waals surface area contributed by atoms with Crippen LogP contribution < -0.4 is 10.1 Å². The van der Waals surface area contributed by atoms with Gasteiger partial charge in [0.15, 0.2) is 0 Å². The van der Waals surface area contributed by atoms with Gasteiger partial charge in [-0.2, -0.15) is 5.10 Å². The molecule has 1 N–H and O–H groups in total. The summed E-state index contributed by atoms with van der Waals surface area (Å²) in [5, 5.41) is 7.33. The smallest absolute Gasteiger partial charge is 0.251 e. The zero-order valence-corrected chi connectivity index (χ0v) is 16.6. The number of hydrogen-bond donors (Lipinski definition) is 1. The van der Waals surface area contributed by atoms with Crippen LogP contribution in [0, 0.1) is 0 Å². The van der Waals surface area contributed by atoms with E-state index in [1.807, 2.05) is 48.7 Å². The topological polar surface area (TPSA) is 59.4 Å². The van der Waals surface area contributed by atoms with Crippen molar-refractivity contribution in [3.63, 3.8) is 0 Å². The largest absolute Gasteiger partial charge is 0.497 e. The van der Waals surface area contributed by atoms with Crippen LogP contribution in [0.2, 0.25) is 0 Å². The van der Waals surface area contributed by atoms with E-state index >= 15 is 0 Å². The van der Waals surface area contributed by atoms with Gasteiger partial charge in [-0.05, 0) is 74.0 Å². The molecular weight excluding hydrogens is 364 g/mol. The quantitative estimate of drug-likeness (QED) is 0.671. The summed E-state index contributed by atoms with van der Waals surface area (Å²) in [6, 6.07) is 17.6. The molecule has 0 spiro atoms. The highest BCUT2D eigenvalue weighted by Gasteiger charge is 2.24. The molecule has 2 aromatic carbocycles. The van der Waals surface area contributed by atoms with Crippen molar-refractivity contribution in [2.75, 3.05) is 26.7 Å². The van der Waals surface area contributed by atoms with Crippen LogP contribution in [0.3, 0.4) is 0 Å². The fourth-order valence-electron chi connectivity index (χ4n) is 3.84. The molecule has 1 aromatic heterocycles. The molecule has 1 aliphatic heterocycles. The molecule has 0 aliphatic carbocycles. The monoisotopic (exact) mass is 390 g/mol. The molecular formula is C23H26N4O2. The summed E-state index contributed by atoms with van der Waals surface area (Å²) in [5.41, 5.74) is 2.74. The predicted octanol–water partition coefficient (Wildman–Crippen LogP) is 3.45. The minimum Gasteiger partial charge on any atom is -0.497 e. The van der Waals surface area contributed by atoms with Gasteiger partial charge in [-0.1, -0.05) is 12.1 Å². The van der Waals surface area contributed by atoms with Gasteiger partial charge in [0.2, 0.25) is 0 Å². The molecule has 29 heavy (non-hydrogen) atoms. The summed E-state index contributed by atoms with van der Waals surface area (Å²) in [5.74, 6) is 0.774. The fourth-order valence-corrected chi connectivity index (χ4v) is 3.84. The zero-order valence-electron chi connectivity index (χ0n) is 16.6. The number of aromatic nitrogens is 2. The van der Waals surface area contributed by atoms with Gasteiger partial charge >= 0.3 is 0 Å². The van der Waals surface area contributed by atoms with Crippen LogP contribution in [0.25, 0.3) is 5.69 Å². The number of ether oxygens (including phenoxy) is 1. The van der Waals surface area contributed by atoms with Crippen LogP contribution in [0.15, 0.2) is 67.0 Å². The van der Waals surface area contributed by atoms with Gasteiger partial charge in [0.05, 0.1) is 18.8 Å². The Hall–Kier alpha value is -3.12. The van der Waals surface area contributed by atoms with Gasteiger partial charge in [-0.25, -0.2) is 4.68 Å². The van der Waals surface area contributed by atoms with Crippen molar-refractivity contribution >= 4 is 5.91 Å². The van der Waals surface area contributed by atoms with Crippen molar-refractivity contribution in [1.29, 1.82) is 0 Å². The van der Waals surface area contributed by atoms with Crippen LogP contribution in [0.4, 0.5) is 0 Å². The van der Waals surface area contributed by atoms with E-state index in [9.17, 15) is 4.79 Å². The molecule has 1 amide bonds. The Balaban J connectivity index is 1.45. The van der Waals surface area contributed by atoms with Crippen molar-refractivity contribution < 1.29 is 9.53 Å². The van der Waals surface area contributed by atoms with E-state index in [1.165, 1.54) is 18.4 Å². The Morgan fingerprint density at radius 1 is 1.14 bits per heavy atom. The van der Waals surface area contributed by atoms with Crippen LogP contribution in [-0.2, 0) is 0 Å². The molecule has 150 valence electrons. The van der Waals surface area contributed by atoms with E-state index in [0.717, 1.165) is 24.5 Å². The lowest BCUT2D eigenvalue weighted by molar-refractivity contribution is 0.0938. The first-order valence-corrected chi connectivity index (χ1v) is 10.0. The number of hydrogen-bond acceptors (Lipinski definition) is 4. The Morgan fingerprint density at radius 2 is 1.93 bits per heavy atom. The number of rotatable bonds is 7. The van der Waals surface area contributed by atoms with E-state index in [1.54, 1.807) is 18.0 Å². The van der Waals surface area contributed by atoms with Crippen molar-refractivity contribution in [2.24, 2.45) is 0 Å². The number of nitrogens with zero attached hydrogens (tertiary/aromatic N) is 3. The molecule has 1 fully saturated rings. The van der Waals surface area contributed by atoms with E-state index in [4.69, 9.17) is 4.74 Å². The molecule has 1 unspecified atom stereocenters. The Bertz CT molecular complexity index is 932. The van der Waals surface area contributed by atoms with Crippen LogP contribution in [0.1, 0.15) is 34.8 Å². The first-order valence-electron chi connectivity index (χ1n) is 10.0. The van der Waals surface area contributed by atoms with Gasteiger partial charge in [0, 0.05) is 24.5 Å². The number of carbonyl (C=O) groups is 1. The first kappa shape index (κ1) is 19.2. The second-order valence-corrected chi connectivity index (χ2v) is 7.24. The minimum atomic E-state index is -0.0656. The average Bonchev–Trinajstić information content (AvgIpc) is 3.49. The highest BCUT2D eigenvalue weighted by molar-refractivity contribution is 5.94. The lowest BCUT2D eigenvalue weighted by Crippen LogP contribution is -2.36. The maximum absolute atomic E-state index is 12.7. The van der Waals surface area contributed by atoms with Crippen molar-refractivity contribution in [3.05, 3.63) is 78.1 Å². The molecule has 0 radical (unpaired) electrons. The third kappa shape index (κ3) is 4.49. The maximum atomic E-state index is 12.7. The summed E-state index contributed by atoms with van der Waals surface area (Å²) in [6.45, 7) is 2.67. The van der Waals surface area contributed by atoms with E-state index in [2.05, 4.69) is 27.4 Å². The molecule has 6 heteroatoms. The molecule has 4 rings (SSSR count). The van der Waals surface area contributed by atoms with E-state index in [-0.39, 0.29) is 11.9 Å². The molecule has 6 nitrogen and oxygen atoms in total. The molecule has 3 aromatic rings. The normalized spacial score (nSPS) is 15.2. The molecule has 0 saturated carbocycles. The van der Waals surface area contributed by atoms with E-state index in [0.29, 0.717) is 12.1 Å². The number of benzene rings is 2. The molecule has 1 atom stereocenters. The molecule has 1 aliphatic rings. The van der Waals surface area contributed by atoms with Crippen LogP contribution in [0.5, 0.6) is 5.75 Å². The van der Waals surface area contributed by atoms with E-state index < -0.39 is 0 Å². The molecule has 2 heterocycles. The summed E-state index contributed by atoms with van der Waals surface area (Å²) in [6.07, 6.45) is 6.01. The number of amides is 1. The third-order valence-electron chi connectivity index (χ3n) is 5.41. The summed E-state index contributed by atoms with van der Waals surface area (Å²) < 4.78 is 7.16. The zero-order chi connectivity index (χ0) is 20.1. The van der Waals surface area contributed by atoms with Gasteiger partial charge in [0.25, 0.3) is 5.91 Å². The standard InChI is InChI=1S/C23H26N4O2/c1-29-21-7-4-6-19(16-21)22(26-13-2-3-14-26)17-24-23(28)18-8-10-20(11-9-18)27-15-5-12-25-27/h4-12,15-16,22H,2-3,13-14,17H2,1H3,(H,24,28). The van der Waals surface area contributed by atoms with Gasteiger partial charge in [-0.3, -0.25) is 9.69 Å². The van der Waals surface area contributed by atoms with Crippen LogP contribution in [-0.4, -0.2) is 47.3 Å². The van der Waals surface area contributed by atoms with Crippen molar-refractivity contribution in [3.8, 4) is 11.4 Å². The number of carbonyl (C=O) groups excluding carboxylic acids is 1. The van der Waals surface area contributed by atoms with Gasteiger partial charge < -0.3 is 10.1 Å². The van der Waals surface area contributed by atoms with Gasteiger partial charge in [0.1, 0.15) is 5.75 Å². The average molecular weight is 390 g/mol.